The van der Waals surface area contributed by atoms with Crippen molar-refractivity contribution < 1.29 is 48.3 Å². The van der Waals surface area contributed by atoms with Crippen LogP contribution in [0.4, 0.5) is 0 Å². The highest BCUT2D eigenvalue weighted by atomic mass is 16.4. The van der Waals surface area contributed by atoms with Crippen LogP contribution in [-0.4, -0.2) is 141 Å². The number of aromatic nitrogens is 3. The third kappa shape index (κ3) is 19.0. The van der Waals surface area contributed by atoms with Crippen LogP contribution in [0.5, 0.6) is 0 Å². The molecule has 0 unspecified atom stereocenters. The maximum Gasteiger partial charge on any atom is 0.305 e. The molecule has 8 amide bonds. The van der Waals surface area contributed by atoms with Gasteiger partial charge in [-0.25, -0.2) is 4.98 Å². The minimum atomic E-state index is -1.68. The van der Waals surface area contributed by atoms with Gasteiger partial charge in [0.15, 0.2) is 5.96 Å². The van der Waals surface area contributed by atoms with Crippen molar-refractivity contribution in [1.29, 1.82) is 0 Å². The number of imidazole rings is 1. The Labute approximate surface area is 455 Å². The third-order valence-electron chi connectivity index (χ3n) is 12.9. The van der Waals surface area contributed by atoms with Gasteiger partial charge in [0.2, 0.25) is 47.3 Å². The molecule has 0 fully saturated rings. The van der Waals surface area contributed by atoms with Crippen LogP contribution in [0.1, 0.15) is 69.2 Å². The molecule has 5 rings (SSSR count). The highest BCUT2D eigenvalue weighted by Gasteiger charge is 2.34. The maximum atomic E-state index is 14.7. The predicted octanol–water partition coefficient (Wildman–Crippen LogP) is -1.78. The van der Waals surface area contributed by atoms with E-state index >= 15 is 0 Å². The quantitative estimate of drug-likeness (QED) is 0.0129. The Balaban J connectivity index is 1.39. The Morgan fingerprint density at radius 3 is 1.90 bits per heavy atom. The first-order valence-corrected chi connectivity index (χ1v) is 25.8. The Hall–Kier alpha value is -8.91. The Bertz CT molecular complexity index is 2940. The molecule has 7 atom stereocenters. The zero-order valence-corrected chi connectivity index (χ0v) is 44.1. The molecule has 0 aliphatic carbocycles. The number of aliphatic imine (C=N–C) groups is 1. The zero-order valence-electron chi connectivity index (χ0n) is 44.1. The lowest BCUT2D eigenvalue weighted by molar-refractivity contribution is -0.141. The fourth-order valence-electron chi connectivity index (χ4n) is 8.73. The number of nitrogens with one attached hydrogen (secondary N) is 9. The van der Waals surface area contributed by atoms with E-state index in [0.717, 1.165) is 21.7 Å². The molecule has 20 N–H and O–H groups in total. The van der Waals surface area contributed by atoms with Crippen LogP contribution in [0.3, 0.4) is 0 Å². The second-order valence-corrected chi connectivity index (χ2v) is 19.3. The minimum absolute atomic E-state index is 0.0139. The number of primary amides is 1. The number of guanidine groups is 1. The van der Waals surface area contributed by atoms with Gasteiger partial charge >= 0.3 is 5.97 Å². The van der Waals surface area contributed by atoms with Crippen molar-refractivity contribution >= 4 is 80.9 Å². The Kier molecular flexibility index (Phi) is 23.3. The first-order chi connectivity index (χ1) is 37.7. The zero-order chi connectivity index (χ0) is 57.6. The van der Waals surface area contributed by atoms with Crippen molar-refractivity contribution in [3.8, 4) is 0 Å². The third-order valence-corrected chi connectivity index (χ3v) is 12.9. The van der Waals surface area contributed by atoms with E-state index in [9.17, 15) is 48.3 Å². The van der Waals surface area contributed by atoms with Crippen LogP contribution < -0.4 is 65.9 Å². The number of para-hydroxylation sites is 1. The molecule has 3 aromatic carbocycles. The normalized spacial score (nSPS) is 13.8. The lowest BCUT2D eigenvalue weighted by Gasteiger charge is -2.26. The van der Waals surface area contributed by atoms with Crippen molar-refractivity contribution in [3.05, 3.63) is 102 Å². The average molecular weight is 1090 g/mol. The van der Waals surface area contributed by atoms with Gasteiger partial charge in [-0.05, 0) is 72.5 Å². The number of nitrogens with zero attached hydrogens (tertiary/aromatic N) is 2. The van der Waals surface area contributed by atoms with E-state index in [1.165, 1.54) is 12.5 Å². The summed E-state index contributed by atoms with van der Waals surface area (Å²) < 4.78 is 0. The van der Waals surface area contributed by atoms with Crippen LogP contribution in [-0.2, 0) is 62.4 Å². The number of carboxylic acids is 1. The van der Waals surface area contributed by atoms with Crippen molar-refractivity contribution in [3.63, 3.8) is 0 Å². The smallest absolute Gasteiger partial charge is 0.305 e. The van der Waals surface area contributed by atoms with Crippen molar-refractivity contribution in [1.82, 2.24) is 52.2 Å². The fraction of sp³-hybridized carbons (Fsp3) is 0.415. The van der Waals surface area contributed by atoms with Crippen LogP contribution in [0.25, 0.3) is 21.7 Å². The van der Waals surface area contributed by atoms with E-state index in [0.29, 0.717) is 29.7 Å². The summed E-state index contributed by atoms with van der Waals surface area (Å²) in [6.07, 6.45) is 4.51. The van der Waals surface area contributed by atoms with E-state index in [1.54, 1.807) is 26.1 Å². The standard InChI is InChI=1S/C53H72N16O10/c1-29(2)45(46(56)73)69-52(79)42(24-44(71)72)68-49(76)38(17-7-8-19-54)64-43(70)27-62-48(75)40(22-32-25-61-37-16-6-5-15-35(32)37)67-50(77)39(18-10-20-60-53(57)58)65-51(78)41(66-47(74)36(55)23-33-26-59-28-63-33)21-31-13-9-12-30-11-3-4-14-34(30)31/h3-6,9,11-16,25-26,28-29,36,38-42,45,61H,7-8,10,17-24,27,54-55H2,1-2H3,(H2,56,73)(H,59,63)(H,62,75)(H,64,70)(H,65,78)(H,66,74)(H,67,77)(H,68,76)(H,69,79)(H,71,72)(H4,57,58,60)/t36-,38-,39-,40-,41-,42-,45-/m0/s1. The summed E-state index contributed by atoms with van der Waals surface area (Å²) in [6, 6.07) is 10.9. The molecule has 2 aromatic heterocycles. The van der Waals surface area contributed by atoms with E-state index in [2.05, 4.69) is 57.2 Å². The molecule has 0 aliphatic rings. The van der Waals surface area contributed by atoms with Crippen LogP contribution in [0.2, 0.25) is 0 Å². The Morgan fingerprint density at radius 1 is 0.633 bits per heavy atom. The number of benzene rings is 3. The number of aromatic amines is 2. The second kappa shape index (κ2) is 30.1. The summed E-state index contributed by atoms with van der Waals surface area (Å²) in [4.78, 5) is 136. The lowest BCUT2D eigenvalue weighted by atomic mass is 9.97. The van der Waals surface area contributed by atoms with Gasteiger partial charge in [0, 0.05) is 54.8 Å². The molecular formula is C53H72N16O10. The number of fused-ring (bicyclic) bond motifs is 2. The molecule has 0 radical (unpaired) electrons. The van der Waals surface area contributed by atoms with Gasteiger partial charge in [0.25, 0.3) is 0 Å². The van der Waals surface area contributed by atoms with Crippen LogP contribution in [0.15, 0.2) is 90.4 Å². The molecule has 0 spiro atoms. The van der Waals surface area contributed by atoms with Gasteiger partial charge in [0.1, 0.15) is 36.3 Å². The number of amides is 8. The van der Waals surface area contributed by atoms with Gasteiger partial charge in [-0.15, -0.1) is 0 Å². The number of hydrogen-bond acceptors (Lipinski definition) is 13. The van der Waals surface area contributed by atoms with E-state index in [-0.39, 0.29) is 57.6 Å². The molecule has 0 aliphatic heterocycles. The number of unbranched alkanes of at least 4 members (excludes halogenated alkanes) is 1. The van der Waals surface area contributed by atoms with Gasteiger partial charge in [-0.2, -0.15) is 0 Å². The monoisotopic (exact) mass is 1090 g/mol. The lowest BCUT2D eigenvalue weighted by Crippen LogP contribution is -2.59. The van der Waals surface area contributed by atoms with Gasteiger partial charge in [-0.1, -0.05) is 74.5 Å². The summed E-state index contributed by atoms with van der Waals surface area (Å²) in [6.45, 7) is 2.77. The molecule has 0 saturated heterocycles. The number of carbonyl (C=O) groups is 9. The molecule has 26 nitrogen and oxygen atoms in total. The second-order valence-electron chi connectivity index (χ2n) is 19.3. The van der Waals surface area contributed by atoms with E-state index in [1.807, 2.05) is 60.7 Å². The number of carboxylic acid groups (broad SMARTS) is 1. The van der Waals surface area contributed by atoms with Crippen molar-refractivity contribution in [2.24, 2.45) is 39.6 Å². The molecule has 0 bridgehead atoms. The number of hydrogen-bond donors (Lipinski definition) is 15. The first-order valence-electron chi connectivity index (χ1n) is 25.8. The number of carbonyl (C=O) groups excluding carboxylic acids is 8. The summed E-state index contributed by atoms with van der Waals surface area (Å²) >= 11 is 0. The highest BCUT2D eigenvalue weighted by molar-refractivity contribution is 5.98. The highest BCUT2D eigenvalue weighted by Crippen LogP contribution is 2.22. The summed E-state index contributed by atoms with van der Waals surface area (Å²) in [5, 5.41) is 30.2. The summed E-state index contributed by atoms with van der Waals surface area (Å²) in [5.41, 5.74) is 31.3. The van der Waals surface area contributed by atoms with Crippen molar-refractivity contribution in [2.75, 3.05) is 19.6 Å². The number of nitrogens with two attached hydrogens (primary N) is 5. The Morgan fingerprint density at radius 2 is 1.23 bits per heavy atom. The number of rotatable bonds is 32. The fourth-order valence-corrected chi connectivity index (χ4v) is 8.73. The molecule has 0 saturated carbocycles. The molecular weight excluding hydrogens is 1020 g/mol. The van der Waals surface area contributed by atoms with Gasteiger partial charge in [0.05, 0.1) is 25.3 Å². The van der Waals surface area contributed by atoms with Crippen molar-refractivity contribution in [2.45, 2.75) is 114 Å². The van der Waals surface area contributed by atoms with Crippen LogP contribution >= 0.6 is 0 Å². The molecule has 2 heterocycles. The van der Waals surface area contributed by atoms with Gasteiger partial charge < -0.3 is 81.0 Å². The maximum absolute atomic E-state index is 14.7. The SMILES string of the molecule is CC(C)[C@H](NC(=O)[C@H](CC(=O)O)NC(=O)[C@H](CCCCN)NC(=O)CNC(=O)[C@H](Cc1c[nH]c2ccccc12)NC(=O)[C@H](CCCN=C(N)N)NC(=O)[C@H](Cc1cccc2ccccc12)NC(=O)[C@@H](N)Cc1cnc[nH]1)C(N)=O. The van der Waals surface area contributed by atoms with Gasteiger partial charge in [-0.3, -0.25) is 48.1 Å². The van der Waals surface area contributed by atoms with E-state index in [4.69, 9.17) is 28.7 Å². The average Bonchev–Trinajstić information content (AvgIpc) is 4.09. The number of H-pyrrole nitrogens is 2. The number of aliphatic carboxylic acids is 1. The summed E-state index contributed by atoms with van der Waals surface area (Å²) in [5.74, 6) is -8.90. The minimum Gasteiger partial charge on any atom is -0.481 e. The molecule has 5 aromatic rings. The largest absolute Gasteiger partial charge is 0.481 e. The first kappa shape index (κ1) is 60.9. The predicted molar refractivity (Wildman–Crippen MR) is 294 cm³/mol. The molecule has 26 heteroatoms. The van der Waals surface area contributed by atoms with Crippen LogP contribution in [0, 0.1) is 5.92 Å². The summed E-state index contributed by atoms with van der Waals surface area (Å²) in [7, 11) is 0. The van der Waals surface area contributed by atoms with E-state index < -0.39 is 114 Å². The molecule has 424 valence electrons. The molecule has 79 heavy (non-hydrogen) atoms. The topological polar surface area (TPSA) is 445 Å².